The molecule has 1 fully saturated rings. The highest BCUT2D eigenvalue weighted by atomic mass is 16.5. The average Bonchev–Trinajstić information content (AvgIpc) is 3.14. The fourth-order valence-corrected chi connectivity index (χ4v) is 3.39. The molecule has 0 bridgehead atoms. The number of nitrogens with one attached hydrogen (secondary N) is 2. The summed E-state index contributed by atoms with van der Waals surface area (Å²) < 4.78 is 7.07. The second-order valence-corrected chi connectivity index (χ2v) is 6.99. The van der Waals surface area contributed by atoms with Gasteiger partial charge in [-0.3, -0.25) is 4.68 Å². The summed E-state index contributed by atoms with van der Waals surface area (Å²) in [6.45, 7) is 5.13. The zero-order valence-electron chi connectivity index (χ0n) is 16.9. The summed E-state index contributed by atoms with van der Waals surface area (Å²) in [5.74, 6) is 1.68. The number of aliphatic imine (C=N–C) groups is 1. The van der Waals surface area contributed by atoms with E-state index in [1.807, 2.05) is 37.1 Å². The van der Waals surface area contributed by atoms with Crippen LogP contribution in [0.15, 0.2) is 35.6 Å². The van der Waals surface area contributed by atoms with E-state index in [-0.39, 0.29) is 5.75 Å². The van der Waals surface area contributed by atoms with Gasteiger partial charge in [-0.25, -0.2) is 4.99 Å². The smallest absolute Gasteiger partial charge is 0.191 e. The van der Waals surface area contributed by atoms with Gasteiger partial charge in [0, 0.05) is 44.5 Å². The normalized spacial score (nSPS) is 17.5. The van der Waals surface area contributed by atoms with Crippen LogP contribution in [0.4, 0.5) is 5.69 Å². The van der Waals surface area contributed by atoms with Crippen molar-refractivity contribution in [2.75, 3.05) is 31.6 Å². The van der Waals surface area contributed by atoms with Gasteiger partial charge >= 0.3 is 0 Å². The molecule has 0 aliphatic carbocycles. The predicted molar refractivity (Wildman–Crippen MR) is 111 cm³/mol. The quantitative estimate of drug-likeness (QED) is 0.519. The van der Waals surface area contributed by atoms with Crippen LogP contribution in [-0.4, -0.2) is 53.6 Å². The van der Waals surface area contributed by atoms with E-state index in [4.69, 9.17) is 4.74 Å². The van der Waals surface area contributed by atoms with Crippen molar-refractivity contribution in [3.8, 4) is 11.5 Å². The Hall–Kier alpha value is -2.90. The van der Waals surface area contributed by atoms with E-state index in [1.54, 1.807) is 19.2 Å². The maximum atomic E-state index is 10.1. The van der Waals surface area contributed by atoms with Gasteiger partial charge in [0.15, 0.2) is 5.96 Å². The Kier molecular flexibility index (Phi) is 6.62. The van der Waals surface area contributed by atoms with Crippen LogP contribution in [0.2, 0.25) is 0 Å². The summed E-state index contributed by atoms with van der Waals surface area (Å²) in [4.78, 5) is 7.01. The maximum Gasteiger partial charge on any atom is 0.191 e. The Morgan fingerprint density at radius 2 is 2.29 bits per heavy atom. The summed E-state index contributed by atoms with van der Waals surface area (Å²) in [5.41, 5.74) is 1.88. The number of piperidine rings is 1. The van der Waals surface area contributed by atoms with Crippen molar-refractivity contribution in [2.45, 2.75) is 32.4 Å². The number of benzene rings is 1. The molecule has 1 aromatic heterocycles. The van der Waals surface area contributed by atoms with Crippen LogP contribution in [0.25, 0.3) is 0 Å². The lowest BCUT2D eigenvalue weighted by atomic mass is 10.1. The number of aromatic nitrogens is 2. The van der Waals surface area contributed by atoms with Gasteiger partial charge in [-0.15, -0.1) is 0 Å². The third-order valence-corrected chi connectivity index (χ3v) is 4.86. The molecule has 1 aliphatic rings. The number of ether oxygens (including phenoxy) is 1. The van der Waals surface area contributed by atoms with Gasteiger partial charge in [-0.1, -0.05) is 0 Å². The Balaban J connectivity index is 1.66. The van der Waals surface area contributed by atoms with Crippen LogP contribution in [0.1, 0.15) is 25.3 Å². The van der Waals surface area contributed by atoms with Crippen molar-refractivity contribution in [1.29, 1.82) is 0 Å². The molecule has 3 N–H and O–H groups in total. The Labute approximate surface area is 166 Å². The lowest BCUT2D eigenvalue weighted by molar-refractivity contribution is 0.411. The van der Waals surface area contributed by atoms with Gasteiger partial charge in [0.1, 0.15) is 11.5 Å². The molecule has 8 heteroatoms. The molecule has 1 unspecified atom stereocenters. The number of nitrogens with zero attached hydrogens (tertiary/aromatic N) is 4. The highest BCUT2D eigenvalue weighted by Crippen LogP contribution is 2.23. The summed E-state index contributed by atoms with van der Waals surface area (Å²) >= 11 is 0. The second-order valence-electron chi connectivity index (χ2n) is 6.99. The fraction of sp³-hybridized carbons (Fsp3) is 0.500. The first-order valence-corrected chi connectivity index (χ1v) is 9.73. The van der Waals surface area contributed by atoms with E-state index in [1.165, 1.54) is 0 Å². The molecule has 28 heavy (non-hydrogen) atoms. The standard InChI is InChI=1S/C20H30N6O2/c1-4-21-20(22-11-15-10-18(28-3)7-8-19(15)27)24-16-6-5-9-26(13-16)17-12-23-25(2)14-17/h7-8,10,12,14,16,27H,4-6,9,11,13H2,1-3H3,(H2,21,22,24). The van der Waals surface area contributed by atoms with Crippen LogP contribution in [0, 0.1) is 0 Å². The Bertz CT molecular complexity index is 804. The van der Waals surface area contributed by atoms with Gasteiger partial charge in [-0.2, -0.15) is 5.10 Å². The zero-order chi connectivity index (χ0) is 19.9. The van der Waals surface area contributed by atoms with E-state index < -0.39 is 0 Å². The molecule has 8 nitrogen and oxygen atoms in total. The predicted octanol–water partition coefficient (Wildman–Crippen LogP) is 1.86. The Morgan fingerprint density at radius 3 is 3.00 bits per heavy atom. The molecule has 0 spiro atoms. The lowest BCUT2D eigenvalue weighted by Gasteiger charge is -2.34. The number of phenolic OH excluding ortho intramolecular Hbond substituents is 1. The van der Waals surface area contributed by atoms with Crippen molar-refractivity contribution < 1.29 is 9.84 Å². The molecule has 2 heterocycles. The van der Waals surface area contributed by atoms with Crippen molar-refractivity contribution in [1.82, 2.24) is 20.4 Å². The number of aromatic hydroxyl groups is 1. The molecular weight excluding hydrogens is 356 g/mol. The van der Waals surface area contributed by atoms with Crippen molar-refractivity contribution in [2.24, 2.45) is 12.0 Å². The number of rotatable bonds is 6. The van der Waals surface area contributed by atoms with Gasteiger partial charge < -0.3 is 25.4 Å². The highest BCUT2D eigenvalue weighted by Gasteiger charge is 2.21. The third kappa shape index (κ3) is 5.09. The van der Waals surface area contributed by atoms with Crippen LogP contribution >= 0.6 is 0 Å². The number of aryl methyl sites for hydroxylation is 1. The van der Waals surface area contributed by atoms with Crippen LogP contribution in [0.5, 0.6) is 11.5 Å². The van der Waals surface area contributed by atoms with Crippen molar-refractivity contribution in [3.05, 3.63) is 36.2 Å². The second kappa shape index (κ2) is 9.34. The molecule has 2 aromatic rings. The summed E-state index contributed by atoms with van der Waals surface area (Å²) in [5, 5.41) is 21.2. The Morgan fingerprint density at radius 1 is 1.43 bits per heavy atom. The minimum atomic E-state index is 0.223. The molecule has 152 valence electrons. The number of anilines is 1. The van der Waals surface area contributed by atoms with E-state index in [0.717, 1.165) is 49.7 Å². The average molecular weight is 387 g/mol. The lowest BCUT2D eigenvalue weighted by Crippen LogP contribution is -2.51. The summed E-state index contributed by atoms with van der Waals surface area (Å²) in [6.07, 6.45) is 6.16. The first-order chi connectivity index (χ1) is 13.6. The third-order valence-electron chi connectivity index (χ3n) is 4.86. The number of hydrogen-bond donors (Lipinski definition) is 3. The topological polar surface area (TPSA) is 86.9 Å². The first-order valence-electron chi connectivity index (χ1n) is 9.73. The SMILES string of the molecule is CCNC(=NCc1cc(OC)ccc1O)NC1CCCN(c2cnn(C)c2)C1. The van der Waals surface area contributed by atoms with Gasteiger partial charge in [0.2, 0.25) is 0 Å². The summed E-state index contributed by atoms with van der Waals surface area (Å²) in [7, 11) is 3.55. The van der Waals surface area contributed by atoms with Gasteiger partial charge in [0.25, 0.3) is 0 Å². The van der Waals surface area contributed by atoms with Crippen LogP contribution < -0.4 is 20.3 Å². The number of phenols is 1. The van der Waals surface area contributed by atoms with E-state index in [2.05, 4.69) is 25.6 Å². The minimum absolute atomic E-state index is 0.223. The van der Waals surface area contributed by atoms with E-state index in [0.29, 0.717) is 18.3 Å². The maximum absolute atomic E-state index is 10.1. The van der Waals surface area contributed by atoms with Crippen LogP contribution in [0.3, 0.4) is 0 Å². The monoisotopic (exact) mass is 386 g/mol. The minimum Gasteiger partial charge on any atom is -0.508 e. The molecule has 0 amide bonds. The van der Waals surface area contributed by atoms with Crippen molar-refractivity contribution in [3.63, 3.8) is 0 Å². The molecule has 1 aromatic carbocycles. The molecule has 3 rings (SSSR count). The molecule has 0 saturated carbocycles. The van der Waals surface area contributed by atoms with Crippen LogP contribution in [-0.2, 0) is 13.6 Å². The zero-order valence-corrected chi connectivity index (χ0v) is 16.9. The summed E-state index contributed by atoms with van der Waals surface area (Å²) in [6, 6.07) is 5.48. The fourth-order valence-electron chi connectivity index (χ4n) is 3.39. The number of hydrogen-bond acceptors (Lipinski definition) is 5. The molecular formula is C20H30N6O2. The highest BCUT2D eigenvalue weighted by molar-refractivity contribution is 5.80. The number of guanidine groups is 1. The first kappa shape index (κ1) is 19.9. The molecule has 1 saturated heterocycles. The molecule has 1 atom stereocenters. The van der Waals surface area contributed by atoms with Gasteiger partial charge in [0.05, 0.1) is 25.5 Å². The molecule has 1 aliphatic heterocycles. The van der Waals surface area contributed by atoms with E-state index in [9.17, 15) is 5.11 Å². The molecule has 0 radical (unpaired) electrons. The largest absolute Gasteiger partial charge is 0.508 e. The number of methoxy groups -OCH3 is 1. The van der Waals surface area contributed by atoms with Crippen molar-refractivity contribution >= 4 is 11.6 Å². The van der Waals surface area contributed by atoms with E-state index >= 15 is 0 Å². The van der Waals surface area contributed by atoms with Gasteiger partial charge in [-0.05, 0) is 38.0 Å².